The highest BCUT2D eigenvalue weighted by Crippen LogP contribution is 2.29. The van der Waals surface area contributed by atoms with Gasteiger partial charge in [0.25, 0.3) is 5.91 Å². The first-order valence-corrected chi connectivity index (χ1v) is 14.0. The molecule has 0 aromatic heterocycles. The fraction of sp³-hybridized carbons (Fsp3) is 0.310. The molecule has 0 unspecified atom stereocenters. The molecular formula is C29H32ClN3O2S. The van der Waals surface area contributed by atoms with Crippen LogP contribution in [0.25, 0.3) is 0 Å². The van der Waals surface area contributed by atoms with Crippen LogP contribution in [0.1, 0.15) is 33.9 Å². The summed E-state index contributed by atoms with van der Waals surface area (Å²) in [6, 6.07) is 27.5. The summed E-state index contributed by atoms with van der Waals surface area (Å²) in [6.07, 6.45) is 2.58. The van der Waals surface area contributed by atoms with Gasteiger partial charge in [-0.3, -0.25) is 14.5 Å². The highest BCUT2D eigenvalue weighted by molar-refractivity contribution is 7.98. The lowest BCUT2D eigenvalue weighted by Gasteiger charge is -2.40. The van der Waals surface area contributed by atoms with Crippen molar-refractivity contribution in [3.63, 3.8) is 0 Å². The van der Waals surface area contributed by atoms with E-state index in [1.54, 1.807) is 36.0 Å². The van der Waals surface area contributed by atoms with Crippen molar-refractivity contribution >= 4 is 35.2 Å². The Labute approximate surface area is 222 Å². The summed E-state index contributed by atoms with van der Waals surface area (Å²) in [5, 5.41) is 3.33. The smallest absolute Gasteiger partial charge is 0.253 e. The number of amides is 2. The van der Waals surface area contributed by atoms with Crippen LogP contribution in [-0.2, 0) is 4.79 Å². The van der Waals surface area contributed by atoms with Crippen LogP contribution >= 0.6 is 23.4 Å². The van der Waals surface area contributed by atoms with E-state index in [9.17, 15) is 9.59 Å². The van der Waals surface area contributed by atoms with Crippen LogP contribution in [-0.4, -0.2) is 65.8 Å². The average Bonchev–Trinajstić information content (AvgIpc) is 2.92. The lowest BCUT2D eigenvalue weighted by molar-refractivity contribution is -0.135. The minimum Gasteiger partial charge on any atom is -0.340 e. The van der Waals surface area contributed by atoms with E-state index in [0.29, 0.717) is 30.1 Å². The third kappa shape index (κ3) is 6.49. The van der Waals surface area contributed by atoms with Crippen molar-refractivity contribution in [3.05, 3.63) is 107 Å². The molecule has 4 rings (SSSR count). The Balaban J connectivity index is 1.45. The second-order valence-corrected chi connectivity index (χ2v) is 10.3. The molecule has 1 heterocycles. The van der Waals surface area contributed by atoms with Gasteiger partial charge in [0.15, 0.2) is 0 Å². The minimum atomic E-state index is -0.577. The Hall–Kier alpha value is -2.80. The lowest BCUT2D eigenvalue weighted by atomic mass is 9.96. The Morgan fingerprint density at radius 2 is 1.42 bits per heavy atom. The SMILES string of the molecule is CSCC[C@@H](NC(=O)c1ccccc1Cl)C(=O)N1CCN(C(c2ccccc2)c2ccccc2)CC1. The molecule has 1 aliphatic heterocycles. The molecule has 2 amide bonds. The molecule has 1 saturated heterocycles. The molecule has 0 radical (unpaired) electrons. The third-order valence-corrected chi connectivity index (χ3v) is 7.53. The zero-order valence-electron chi connectivity index (χ0n) is 20.5. The molecule has 1 fully saturated rings. The first kappa shape index (κ1) is 26.3. The van der Waals surface area contributed by atoms with Gasteiger partial charge in [-0.05, 0) is 41.7 Å². The van der Waals surface area contributed by atoms with Crippen LogP contribution in [0.15, 0.2) is 84.9 Å². The van der Waals surface area contributed by atoms with E-state index in [-0.39, 0.29) is 17.9 Å². The quantitative estimate of drug-likeness (QED) is 0.424. The first-order chi connectivity index (χ1) is 17.6. The van der Waals surface area contributed by atoms with E-state index in [4.69, 9.17) is 11.6 Å². The molecular weight excluding hydrogens is 490 g/mol. The molecule has 0 aliphatic carbocycles. The summed E-state index contributed by atoms with van der Waals surface area (Å²) in [7, 11) is 0. The van der Waals surface area contributed by atoms with Gasteiger partial charge in [0.1, 0.15) is 6.04 Å². The topological polar surface area (TPSA) is 52.7 Å². The van der Waals surface area contributed by atoms with Gasteiger partial charge in [-0.2, -0.15) is 11.8 Å². The van der Waals surface area contributed by atoms with E-state index < -0.39 is 6.04 Å². The largest absolute Gasteiger partial charge is 0.340 e. The molecule has 0 spiro atoms. The summed E-state index contributed by atoms with van der Waals surface area (Å²) in [4.78, 5) is 30.8. The molecule has 36 heavy (non-hydrogen) atoms. The number of benzene rings is 3. The molecule has 1 atom stereocenters. The summed E-state index contributed by atoms with van der Waals surface area (Å²) < 4.78 is 0. The molecule has 0 bridgehead atoms. The van der Waals surface area contributed by atoms with Crippen LogP contribution in [0, 0.1) is 0 Å². The fourth-order valence-electron chi connectivity index (χ4n) is 4.68. The monoisotopic (exact) mass is 521 g/mol. The number of rotatable bonds is 9. The maximum atomic E-state index is 13.5. The number of hydrogen-bond acceptors (Lipinski definition) is 4. The highest BCUT2D eigenvalue weighted by Gasteiger charge is 2.32. The van der Waals surface area contributed by atoms with Crippen molar-refractivity contribution in [2.24, 2.45) is 0 Å². The number of nitrogens with one attached hydrogen (secondary N) is 1. The van der Waals surface area contributed by atoms with Crippen LogP contribution in [0.5, 0.6) is 0 Å². The summed E-state index contributed by atoms with van der Waals surface area (Å²) in [6.45, 7) is 2.75. The van der Waals surface area contributed by atoms with Crippen molar-refractivity contribution in [2.75, 3.05) is 38.2 Å². The first-order valence-electron chi connectivity index (χ1n) is 12.3. The van der Waals surface area contributed by atoms with Gasteiger partial charge in [-0.25, -0.2) is 0 Å². The van der Waals surface area contributed by atoms with Gasteiger partial charge in [0.2, 0.25) is 5.91 Å². The Morgan fingerprint density at radius 3 is 1.97 bits per heavy atom. The molecule has 0 saturated carbocycles. The lowest BCUT2D eigenvalue weighted by Crippen LogP contribution is -2.55. The molecule has 5 nitrogen and oxygen atoms in total. The summed E-state index contributed by atoms with van der Waals surface area (Å²) in [5.74, 6) is 0.440. The second-order valence-electron chi connectivity index (χ2n) is 8.87. The zero-order chi connectivity index (χ0) is 25.3. The summed E-state index contributed by atoms with van der Waals surface area (Å²) in [5.41, 5.74) is 2.88. The van der Waals surface area contributed by atoms with Crippen LogP contribution < -0.4 is 5.32 Å². The van der Waals surface area contributed by atoms with E-state index in [2.05, 4.69) is 58.7 Å². The Bertz CT molecular complexity index is 1100. The molecule has 1 N–H and O–H groups in total. The van der Waals surface area contributed by atoms with Gasteiger partial charge >= 0.3 is 0 Å². The number of carbonyl (C=O) groups excluding carboxylic acids is 2. The van der Waals surface area contributed by atoms with Crippen molar-refractivity contribution in [2.45, 2.75) is 18.5 Å². The predicted octanol–water partition coefficient (Wildman–Crippen LogP) is 5.13. The highest BCUT2D eigenvalue weighted by atomic mass is 35.5. The average molecular weight is 522 g/mol. The van der Waals surface area contributed by atoms with E-state index in [0.717, 1.165) is 18.8 Å². The van der Waals surface area contributed by atoms with Crippen molar-refractivity contribution in [3.8, 4) is 0 Å². The zero-order valence-corrected chi connectivity index (χ0v) is 22.0. The van der Waals surface area contributed by atoms with Crippen LogP contribution in [0.4, 0.5) is 0 Å². The number of halogens is 1. The van der Waals surface area contributed by atoms with Crippen molar-refractivity contribution in [1.82, 2.24) is 15.1 Å². The van der Waals surface area contributed by atoms with E-state index >= 15 is 0 Å². The molecule has 7 heteroatoms. The van der Waals surface area contributed by atoms with Gasteiger partial charge < -0.3 is 10.2 Å². The van der Waals surface area contributed by atoms with Crippen LogP contribution in [0.3, 0.4) is 0 Å². The third-order valence-electron chi connectivity index (χ3n) is 6.55. The molecule has 3 aromatic rings. The molecule has 3 aromatic carbocycles. The number of thioether (sulfide) groups is 1. The maximum absolute atomic E-state index is 13.5. The van der Waals surface area contributed by atoms with Crippen molar-refractivity contribution < 1.29 is 9.59 Å². The van der Waals surface area contributed by atoms with Crippen LogP contribution in [0.2, 0.25) is 5.02 Å². The van der Waals surface area contributed by atoms with Gasteiger partial charge in [-0.15, -0.1) is 0 Å². The standard InChI is InChI=1S/C29H32ClN3O2S/c1-36-21-16-26(31-28(34)24-14-8-9-15-25(24)30)29(35)33-19-17-32(18-20-33)27(22-10-4-2-5-11-22)23-12-6-3-7-13-23/h2-15,26-27H,16-21H2,1H3,(H,31,34)/t26-/m1/s1. The number of piperazine rings is 1. The fourth-order valence-corrected chi connectivity index (χ4v) is 5.37. The molecule has 1 aliphatic rings. The van der Waals surface area contributed by atoms with Crippen molar-refractivity contribution in [1.29, 1.82) is 0 Å². The number of hydrogen-bond donors (Lipinski definition) is 1. The maximum Gasteiger partial charge on any atom is 0.253 e. The Morgan fingerprint density at radius 1 is 0.861 bits per heavy atom. The number of carbonyl (C=O) groups is 2. The normalized spacial score (nSPS) is 15.0. The number of nitrogens with zero attached hydrogens (tertiary/aromatic N) is 2. The van der Waals surface area contributed by atoms with Gasteiger partial charge in [0.05, 0.1) is 16.6 Å². The van der Waals surface area contributed by atoms with Gasteiger partial charge in [0, 0.05) is 26.2 Å². The van der Waals surface area contributed by atoms with Gasteiger partial charge in [-0.1, -0.05) is 84.4 Å². The minimum absolute atomic E-state index is 0.0277. The summed E-state index contributed by atoms with van der Waals surface area (Å²) >= 11 is 7.88. The molecule has 188 valence electrons. The van der Waals surface area contributed by atoms with E-state index in [1.165, 1.54) is 11.1 Å². The second kappa shape index (κ2) is 12.9. The van der Waals surface area contributed by atoms with E-state index in [1.807, 2.05) is 23.3 Å². The predicted molar refractivity (Wildman–Crippen MR) is 149 cm³/mol. The Kier molecular flexibility index (Phi) is 9.45.